The third kappa shape index (κ3) is 3.59. The minimum atomic E-state index is -0.221. The fourth-order valence-corrected chi connectivity index (χ4v) is 7.09. The molecular formula is C40H26N4. The van der Waals surface area contributed by atoms with Crippen LogP contribution in [-0.2, 0) is 5.41 Å². The van der Waals surface area contributed by atoms with Gasteiger partial charge in [0.25, 0.3) is 0 Å². The molecule has 0 unspecified atom stereocenters. The summed E-state index contributed by atoms with van der Waals surface area (Å²) in [6, 6.07) is 41.8. The van der Waals surface area contributed by atoms with Gasteiger partial charge in [0.05, 0.1) is 23.3 Å². The summed E-state index contributed by atoms with van der Waals surface area (Å²) < 4.78 is 2.28. The predicted molar refractivity (Wildman–Crippen MR) is 178 cm³/mol. The Hall–Kier alpha value is -5.97. The molecule has 7 aromatic rings. The molecular weight excluding hydrogens is 536 g/mol. The molecule has 206 valence electrons. The molecule has 0 bridgehead atoms. The Bertz CT molecular complexity index is 2380. The Morgan fingerprint density at radius 3 is 2.32 bits per heavy atom. The molecule has 0 N–H and O–H groups in total. The van der Waals surface area contributed by atoms with Gasteiger partial charge in [-0.05, 0) is 57.6 Å². The van der Waals surface area contributed by atoms with Crippen LogP contribution in [0.1, 0.15) is 30.7 Å². The Kier molecular flexibility index (Phi) is 5.57. The summed E-state index contributed by atoms with van der Waals surface area (Å²) in [5, 5.41) is 12.3. The summed E-state index contributed by atoms with van der Waals surface area (Å²) in [6.45, 7) is 12.9. The Labute approximate surface area is 255 Å². The zero-order valence-electron chi connectivity index (χ0n) is 24.3. The summed E-state index contributed by atoms with van der Waals surface area (Å²) in [5.41, 5.74) is 12.2. The van der Waals surface area contributed by atoms with E-state index in [1.165, 1.54) is 27.6 Å². The van der Waals surface area contributed by atoms with Gasteiger partial charge in [0, 0.05) is 33.5 Å². The van der Waals surface area contributed by atoms with Crippen LogP contribution in [-0.4, -0.2) is 9.55 Å². The molecule has 5 aromatic carbocycles. The fourth-order valence-electron chi connectivity index (χ4n) is 7.09. The van der Waals surface area contributed by atoms with Crippen LogP contribution in [0, 0.1) is 17.9 Å². The van der Waals surface area contributed by atoms with Crippen molar-refractivity contribution in [2.75, 3.05) is 0 Å². The van der Waals surface area contributed by atoms with Crippen LogP contribution >= 0.6 is 0 Å². The van der Waals surface area contributed by atoms with E-state index in [1.54, 1.807) is 6.20 Å². The van der Waals surface area contributed by atoms with Crippen LogP contribution in [0.25, 0.3) is 65.7 Å². The number of pyridine rings is 1. The normalized spacial score (nSPS) is 12.9. The van der Waals surface area contributed by atoms with Gasteiger partial charge in [0.15, 0.2) is 0 Å². The number of benzene rings is 5. The monoisotopic (exact) mass is 562 g/mol. The Balaban J connectivity index is 1.40. The van der Waals surface area contributed by atoms with Gasteiger partial charge in [-0.1, -0.05) is 105 Å². The van der Waals surface area contributed by atoms with Crippen LogP contribution in [0.2, 0.25) is 0 Å². The molecule has 4 heteroatoms. The van der Waals surface area contributed by atoms with Crippen molar-refractivity contribution in [2.45, 2.75) is 19.3 Å². The van der Waals surface area contributed by atoms with Crippen LogP contribution in [0.3, 0.4) is 0 Å². The highest BCUT2D eigenvalue weighted by Gasteiger charge is 2.38. The average Bonchev–Trinajstić information content (AvgIpc) is 3.53. The molecule has 0 fully saturated rings. The highest BCUT2D eigenvalue weighted by molar-refractivity contribution is 6.13. The van der Waals surface area contributed by atoms with Crippen molar-refractivity contribution in [3.8, 4) is 45.1 Å². The molecule has 0 spiro atoms. The van der Waals surface area contributed by atoms with Crippen molar-refractivity contribution in [2.24, 2.45) is 0 Å². The van der Waals surface area contributed by atoms with Gasteiger partial charge in [-0.15, -0.1) is 0 Å². The molecule has 44 heavy (non-hydrogen) atoms. The van der Waals surface area contributed by atoms with Crippen LogP contribution in [0.5, 0.6) is 0 Å². The van der Waals surface area contributed by atoms with E-state index in [-0.39, 0.29) is 5.41 Å². The standard InChI is InChI=1S/C40H26N4/c1-40(2)33-15-9-7-13-28(33)30-18-19-31-29-14-8-10-16-36(29)44(39(31)38(30)40)37-20-17-26(22-34(37)42-3)32-21-27(24-43-35(32)23-41)25-11-5-4-6-12-25/h4-22,24H,1-2H3. The van der Waals surface area contributed by atoms with Crippen molar-refractivity contribution in [1.82, 2.24) is 9.55 Å². The van der Waals surface area contributed by atoms with Crippen LogP contribution < -0.4 is 0 Å². The van der Waals surface area contributed by atoms with E-state index in [0.717, 1.165) is 38.8 Å². The second-order valence-electron chi connectivity index (χ2n) is 11.8. The van der Waals surface area contributed by atoms with Crippen molar-refractivity contribution < 1.29 is 0 Å². The van der Waals surface area contributed by atoms with Gasteiger partial charge < -0.3 is 4.57 Å². The van der Waals surface area contributed by atoms with E-state index in [2.05, 4.69) is 95.0 Å². The molecule has 8 rings (SSSR count). The lowest BCUT2D eigenvalue weighted by atomic mass is 9.81. The summed E-state index contributed by atoms with van der Waals surface area (Å²) in [7, 11) is 0. The van der Waals surface area contributed by atoms with Crippen LogP contribution in [0.4, 0.5) is 5.69 Å². The molecule has 4 nitrogen and oxygen atoms in total. The first-order chi connectivity index (χ1) is 21.5. The largest absolute Gasteiger partial charge is 0.319 e. The maximum absolute atomic E-state index is 9.95. The molecule has 0 saturated carbocycles. The van der Waals surface area contributed by atoms with Crippen molar-refractivity contribution >= 4 is 27.5 Å². The zero-order chi connectivity index (χ0) is 30.0. The van der Waals surface area contributed by atoms with E-state index in [9.17, 15) is 5.26 Å². The van der Waals surface area contributed by atoms with E-state index < -0.39 is 0 Å². The molecule has 0 amide bonds. The summed E-state index contributed by atoms with van der Waals surface area (Å²) in [4.78, 5) is 8.55. The van der Waals surface area contributed by atoms with E-state index >= 15 is 0 Å². The maximum Gasteiger partial charge on any atom is 0.211 e. The molecule has 1 aliphatic carbocycles. The highest BCUT2D eigenvalue weighted by atomic mass is 15.0. The first kappa shape index (κ1) is 25.7. The van der Waals surface area contributed by atoms with Crippen LogP contribution in [0.15, 0.2) is 121 Å². The number of aromatic nitrogens is 2. The molecule has 2 aromatic heterocycles. The van der Waals surface area contributed by atoms with Gasteiger partial charge in [-0.2, -0.15) is 5.26 Å². The minimum absolute atomic E-state index is 0.221. The first-order valence-corrected chi connectivity index (χ1v) is 14.7. The molecule has 2 heterocycles. The van der Waals surface area contributed by atoms with E-state index in [0.29, 0.717) is 16.9 Å². The lowest BCUT2D eigenvalue weighted by molar-refractivity contribution is 0.664. The number of hydrogen-bond acceptors (Lipinski definition) is 2. The van der Waals surface area contributed by atoms with Gasteiger partial charge in [0.2, 0.25) is 5.69 Å². The number of hydrogen-bond donors (Lipinski definition) is 0. The number of nitriles is 1. The van der Waals surface area contributed by atoms with Gasteiger partial charge in [-0.3, -0.25) is 0 Å². The number of para-hydroxylation sites is 1. The fraction of sp³-hybridized carbons (Fsp3) is 0.0750. The zero-order valence-corrected chi connectivity index (χ0v) is 24.3. The summed E-state index contributed by atoms with van der Waals surface area (Å²) in [6.07, 6.45) is 1.74. The third-order valence-corrected chi connectivity index (χ3v) is 9.10. The van der Waals surface area contributed by atoms with Gasteiger partial charge in [0.1, 0.15) is 11.8 Å². The first-order valence-electron chi connectivity index (χ1n) is 14.7. The number of rotatable bonds is 3. The quantitative estimate of drug-likeness (QED) is 0.201. The summed E-state index contributed by atoms with van der Waals surface area (Å²) >= 11 is 0. The van der Waals surface area contributed by atoms with E-state index in [1.807, 2.05) is 54.6 Å². The average molecular weight is 563 g/mol. The number of fused-ring (bicyclic) bond motifs is 7. The Morgan fingerprint density at radius 1 is 0.727 bits per heavy atom. The smallest absolute Gasteiger partial charge is 0.211 e. The Morgan fingerprint density at radius 2 is 1.50 bits per heavy atom. The van der Waals surface area contributed by atoms with Crippen molar-refractivity contribution in [3.63, 3.8) is 0 Å². The maximum atomic E-state index is 9.95. The molecule has 0 saturated heterocycles. The lowest BCUT2D eigenvalue weighted by Gasteiger charge is -2.24. The van der Waals surface area contributed by atoms with E-state index in [4.69, 9.17) is 6.57 Å². The van der Waals surface area contributed by atoms with Crippen molar-refractivity contribution in [1.29, 1.82) is 5.26 Å². The minimum Gasteiger partial charge on any atom is -0.319 e. The number of nitrogens with zero attached hydrogens (tertiary/aromatic N) is 4. The van der Waals surface area contributed by atoms with Gasteiger partial charge in [-0.25, -0.2) is 9.83 Å². The SMILES string of the molecule is [C-]#[N+]c1cc(-c2cc(-c3ccccc3)cnc2C#N)ccc1-n1c2ccccc2c2ccc3c(c21)C(C)(C)c1ccccc1-3. The molecule has 0 atom stereocenters. The molecule has 0 aliphatic heterocycles. The van der Waals surface area contributed by atoms with Crippen molar-refractivity contribution in [3.05, 3.63) is 150 Å². The topological polar surface area (TPSA) is 46.0 Å². The molecule has 0 radical (unpaired) electrons. The lowest BCUT2D eigenvalue weighted by Crippen LogP contribution is -2.16. The third-order valence-electron chi connectivity index (χ3n) is 9.10. The highest BCUT2D eigenvalue weighted by Crippen LogP contribution is 2.53. The van der Waals surface area contributed by atoms with Gasteiger partial charge >= 0.3 is 0 Å². The molecule has 1 aliphatic rings. The second kappa shape index (κ2) is 9.53. The second-order valence-corrected chi connectivity index (χ2v) is 11.8. The summed E-state index contributed by atoms with van der Waals surface area (Å²) in [5.74, 6) is 0. The predicted octanol–water partition coefficient (Wildman–Crippen LogP) is 10.2.